The van der Waals surface area contributed by atoms with Gasteiger partial charge in [-0.25, -0.2) is 36.9 Å². The monoisotopic (exact) mass is 501 g/mol. The number of aromatic nitrogens is 4. The first-order valence-corrected chi connectivity index (χ1v) is 12.4. The Labute approximate surface area is 201 Å². The maximum absolute atomic E-state index is 14.9. The molecule has 0 aliphatic heterocycles. The van der Waals surface area contributed by atoms with Gasteiger partial charge in [-0.05, 0) is 57.2 Å². The number of hydrogen-bond donors (Lipinski definition) is 3. The van der Waals surface area contributed by atoms with Crippen molar-refractivity contribution in [2.75, 3.05) is 18.4 Å². The molecule has 2 heterocycles. The highest BCUT2D eigenvalue weighted by Crippen LogP contribution is 2.30. The summed E-state index contributed by atoms with van der Waals surface area (Å²) in [4.78, 5) is 12.6. The number of anilines is 2. The van der Waals surface area contributed by atoms with Crippen LogP contribution in [0.25, 0.3) is 22.3 Å². The normalized spacial score (nSPS) is 12.0. The van der Waals surface area contributed by atoms with E-state index in [2.05, 4.69) is 25.0 Å². The van der Waals surface area contributed by atoms with Gasteiger partial charge in [-0.3, -0.25) is 0 Å². The van der Waals surface area contributed by atoms with Crippen molar-refractivity contribution < 1.29 is 17.2 Å². The summed E-state index contributed by atoms with van der Waals surface area (Å²) in [6.07, 6.45) is 0.993. The zero-order chi connectivity index (χ0) is 25.3. The van der Waals surface area contributed by atoms with Crippen molar-refractivity contribution in [1.82, 2.24) is 24.2 Å². The zero-order valence-corrected chi connectivity index (χ0v) is 20.2. The molecule has 12 heteroatoms. The molecule has 0 fully saturated rings. The van der Waals surface area contributed by atoms with Crippen molar-refractivity contribution in [3.05, 3.63) is 60.1 Å². The molecule has 9 nitrogen and oxygen atoms in total. The van der Waals surface area contributed by atoms with E-state index in [-0.39, 0.29) is 46.7 Å². The number of sulfonamides is 1. The maximum Gasteiger partial charge on any atom is 0.240 e. The number of benzene rings is 2. The van der Waals surface area contributed by atoms with Crippen LogP contribution in [0.2, 0.25) is 0 Å². The van der Waals surface area contributed by atoms with Gasteiger partial charge in [0.1, 0.15) is 17.0 Å². The fraction of sp³-hybridized carbons (Fsp3) is 0.261. The topological polar surface area (TPSA) is 128 Å². The van der Waals surface area contributed by atoms with Crippen molar-refractivity contribution in [1.29, 1.82) is 0 Å². The van der Waals surface area contributed by atoms with Crippen molar-refractivity contribution in [2.45, 2.75) is 31.7 Å². The van der Waals surface area contributed by atoms with Gasteiger partial charge in [0.2, 0.25) is 16.0 Å². The molecule has 0 bridgehead atoms. The Bertz CT molecular complexity index is 1490. The Kier molecular flexibility index (Phi) is 6.79. The summed E-state index contributed by atoms with van der Waals surface area (Å²) < 4.78 is 58.2. The minimum absolute atomic E-state index is 0.0272. The predicted octanol–water partition coefficient (Wildman–Crippen LogP) is 3.64. The molecule has 0 aliphatic carbocycles. The quantitative estimate of drug-likeness (QED) is 0.336. The lowest BCUT2D eigenvalue weighted by molar-refractivity contribution is 0.582. The number of imidazole rings is 1. The van der Waals surface area contributed by atoms with Gasteiger partial charge in [-0.15, -0.1) is 0 Å². The van der Waals surface area contributed by atoms with E-state index in [0.29, 0.717) is 17.0 Å². The van der Waals surface area contributed by atoms with Gasteiger partial charge < -0.3 is 15.6 Å². The molecule has 0 atom stereocenters. The van der Waals surface area contributed by atoms with Gasteiger partial charge >= 0.3 is 0 Å². The smallest absolute Gasteiger partial charge is 0.240 e. The number of fused-ring (bicyclic) bond motifs is 1. The van der Waals surface area contributed by atoms with Crippen molar-refractivity contribution in [3.63, 3.8) is 0 Å². The molecule has 0 saturated carbocycles. The molecule has 2 aromatic heterocycles. The number of halogens is 2. The van der Waals surface area contributed by atoms with Crippen LogP contribution in [0.15, 0.2) is 47.5 Å². The molecule has 0 amide bonds. The Hall–Kier alpha value is -3.48. The van der Waals surface area contributed by atoms with Gasteiger partial charge in [0.15, 0.2) is 11.6 Å². The number of nitrogens with two attached hydrogens (primary N) is 1. The highest BCUT2D eigenvalue weighted by molar-refractivity contribution is 7.89. The lowest BCUT2D eigenvalue weighted by Gasteiger charge is -2.12. The van der Waals surface area contributed by atoms with Crippen molar-refractivity contribution in [3.8, 4) is 11.3 Å². The Morgan fingerprint density at radius 2 is 1.80 bits per heavy atom. The third-order valence-electron chi connectivity index (χ3n) is 5.32. The van der Waals surface area contributed by atoms with Gasteiger partial charge in [0.25, 0.3) is 0 Å². The van der Waals surface area contributed by atoms with E-state index in [9.17, 15) is 17.2 Å². The van der Waals surface area contributed by atoms with Crippen LogP contribution in [-0.4, -0.2) is 41.0 Å². The average Bonchev–Trinajstić information content (AvgIpc) is 3.16. The molecular formula is C23H25F2N7O2S. The third kappa shape index (κ3) is 4.99. The van der Waals surface area contributed by atoms with Crippen LogP contribution in [-0.2, 0) is 10.0 Å². The standard InChI is InChI=1S/C23H25F2N7O2S/c1-13(2)32-14(3)29-22-18(24)10-15(11-20(22)32)21-19(25)12-27-23(31-21)30-16-4-6-17(7-5-16)35(33,34)28-9-8-26/h4-7,10-13,28H,8-9,26H2,1-3H3,(H,27,30,31). The van der Waals surface area contributed by atoms with Crippen molar-refractivity contribution in [2.24, 2.45) is 5.73 Å². The molecule has 35 heavy (non-hydrogen) atoms. The summed E-state index contributed by atoms with van der Waals surface area (Å²) in [5.74, 6) is -0.575. The van der Waals surface area contributed by atoms with E-state index in [1.54, 1.807) is 13.0 Å². The first kappa shape index (κ1) is 24.6. The van der Waals surface area contributed by atoms with Gasteiger partial charge in [-0.2, -0.15) is 0 Å². The van der Waals surface area contributed by atoms with Crippen LogP contribution >= 0.6 is 0 Å². The molecule has 184 valence electrons. The van der Waals surface area contributed by atoms with E-state index >= 15 is 0 Å². The zero-order valence-electron chi connectivity index (χ0n) is 19.4. The summed E-state index contributed by atoms with van der Waals surface area (Å²) >= 11 is 0. The molecule has 4 aromatic rings. The van der Waals surface area contributed by atoms with E-state index in [4.69, 9.17) is 5.73 Å². The fourth-order valence-electron chi connectivity index (χ4n) is 3.81. The van der Waals surface area contributed by atoms with E-state index in [1.807, 2.05) is 18.4 Å². The summed E-state index contributed by atoms with van der Waals surface area (Å²) in [6.45, 7) is 6.00. The first-order valence-electron chi connectivity index (χ1n) is 10.9. The van der Waals surface area contributed by atoms with Gasteiger partial charge in [-0.1, -0.05) is 0 Å². The molecule has 0 aliphatic rings. The minimum Gasteiger partial charge on any atom is -0.329 e. The molecule has 0 saturated heterocycles. The largest absolute Gasteiger partial charge is 0.329 e. The number of nitrogens with one attached hydrogen (secondary N) is 2. The van der Waals surface area contributed by atoms with Crippen LogP contribution in [0.4, 0.5) is 20.4 Å². The van der Waals surface area contributed by atoms with E-state index in [1.165, 1.54) is 30.3 Å². The molecule has 0 radical (unpaired) electrons. The average molecular weight is 502 g/mol. The molecule has 0 unspecified atom stereocenters. The minimum atomic E-state index is -3.67. The SMILES string of the molecule is Cc1nc2c(F)cc(-c3nc(Nc4ccc(S(=O)(=O)NCCN)cc4)ncc3F)cc2n1C(C)C. The second-order valence-corrected chi connectivity index (χ2v) is 9.94. The molecule has 2 aromatic carbocycles. The van der Waals surface area contributed by atoms with Crippen LogP contribution < -0.4 is 15.8 Å². The van der Waals surface area contributed by atoms with Crippen molar-refractivity contribution >= 4 is 32.7 Å². The molecule has 0 spiro atoms. The van der Waals surface area contributed by atoms with E-state index in [0.717, 1.165) is 6.20 Å². The number of aryl methyl sites for hydroxylation is 1. The Morgan fingerprint density at radius 3 is 2.46 bits per heavy atom. The summed E-state index contributed by atoms with van der Waals surface area (Å²) in [7, 11) is -3.67. The lowest BCUT2D eigenvalue weighted by Crippen LogP contribution is -2.29. The number of hydrogen-bond acceptors (Lipinski definition) is 7. The van der Waals surface area contributed by atoms with Gasteiger partial charge in [0, 0.05) is 30.4 Å². The lowest BCUT2D eigenvalue weighted by atomic mass is 10.1. The fourth-order valence-corrected chi connectivity index (χ4v) is 4.86. The predicted molar refractivity (Wildman–Crippen MR) is 130 cm³/mol. The Morgan fingerprint density at radius 1 is 1.09 bits per heavy atom. The molecular weight excluding hydrogens is 476 g/mol. The molecule has 4 rings (SSSR count). The first-order chi connectivity index (χ1) is 16.6. The van der Waals surface area contributed by atoms with Crippen LogP contribution in [0, 0.1) is 18.6 Å². The molecule has 4 N–H and O–H groups in total. The number of rotatable bonds is 8. The van der Waals surface area contributed by atoms with Gasteiger partial charge in [0.05, 0.1) is 16.6 Å². The van der Waals surface area contributed by atoms with Crippen LogP contribution in [0.1, 0.15) is 25.7 Å². The van der Waals surface area contributed by atoms with E-state index < -0.39 is 21.7 Å². The number of nitrogens with zero attached hydrogens (tertiary/aromatic N) is 4. The summed E-state index contributed by atoms with van der Waals surface area (Å²) in [6, 6.07) is 8.75. The second-order valence-electron chi connectivity index (χ2n) is 8.17. The highest BCUT2D eigenvalue weighted by Gasteiger charge is 2.19. The maximum atomic E-state index is 14.9. The second kappa shape index (κ2) is 9.64. The Balaban J connectivity index is 1.66. The summed E-state index contributed by atoms with van der Waals surface area (Å²) in [5, 5.41) is 2.91. The van der Waals surface area contributed by atoms with Crippen LogP contribution in [0.3, 0.4) is 0 Å². The highest BCUT2D eigenvalue weighted by atomic mass is 32.2. The summed E-state index contributed by atoms with van der Waals surface area (Å²) in [5.41, 5.74) is 6.74. The third-order valence-corrected chi connectivity index (χ3v) is 6.79. The van der Waals surface area contributed by atoms with Crippen LogP contribution in [0.5, 0.6) is 0 Å².